The molecule has 1 aromatic carbocycles. The molecule has 1 spiro atoms. The summed E-state index contributed by atoms with van der Waals surface area (Å²) in [5.41, 5.74) is 3.01. The molecule has 1 fully saturated rings. The lowest BCUT2D eigenvalue weighted by atomic mass is 9.58. The molecule has 0 N–H and O–H groups in total. The summed E-state index contributed by atoms with van der Waals surface area (Å²) < 4.78 is 5.63. The van der Waals surface area contributed by atoms with Crippen molar-refractivity contribution in [1.29, 1.82) is 0 Å². The van der Waals surface area contributed by atoms with E-state index in [2.05, 4.69) is 45.2 Å². The minimum Gasteiger partial charge on any atom is -0.496 e. The van der Waals surface area contributed by atoms with E-state index in [0.717, 1.165) is 29.2 Å². The third-order valence-electron chi connectivity index (χ3n) is 7.25. The number of thioether (sulfide) groups is 1. The molecule has 0 amide bonds. The van der Waals surface area contributed by atoms with E-state index < -0.39 is 5.41 Å². The van der Waals surface area contributed by atoms with Crippen LogP contribution < -0.4 is 4.74 Å². The zero-order valence-corrected chi connectivity index (χ0v) is 18.5. The minimum absolute atomic E-state index is 0.0864. The summed E-state index contributed by atoms with van der Waals surface area (Å²) >= 11 is 1.68. The molecule has 0 aromatic heterocycles. The Kier molecular flexibility index (Phi) is 4.97. The van der Waals surface area contributed by atoms with Crippen molar-refractivity contribution in [3.8, 4) is 5.75 Å². The van der Waals surface area contributed by atoms with Crippen molar-refractivity contribution in [2.45, 2.75) is 64.3 Å². The van der Waals surface area contributed by atoms with Crippen LogP contribution in [0.4, 0.5) is 0 Å². The van der Waals surface area contributed by atoms with E-state index in [0.29, 0.717) is 18.1 Å². The van der Waals surface area contributed by atoms with Crippen LogP contribution >= 0.6 is 11.8 Å². The number of allylic oxidation sites excluding steroid dienone is 2. The molecule has 0 radical (unpaired) electrons. The predicted octanol–water partition coefficient (Wildman–Crippen LogP) is 5.72. The maximum atomic E-state index is 13.8. The number of carbonyl (C=O) groups is 1. The summed E-state index contributed by atoms with van der Waals surface area (Å²) in [6, 6.07) is 6.26. The quantitative estimate of drug-likeness (QED) is 0.599. The Balaban J connectivity index is 1.82. The standard InChI is InChI=1S/C24H31NO2S/c1-15-9-10-19(27-4)18(12-15)17-13-21(26)24(14-16(17)2)20-8-6-7-11-23(20,3)25-22(24)28-5/h9-10,12,14,17,20H,6-8,11,13H2,1-5H3/t17-,20-,23+,24-/m1/s1. The molecule has 1 heterocycles. The lowest BCUT2D eigenvalue weighted by molar-refractivity contribution is -0.127. The Hall–Kier alpha value is -1.55. The van der Waals surface area contributed by atoms with Crippen molar-refractivity contribution >= 4 is 22.6 Å². The number of rotatable bonds is 2. The number of Topliss-reactive ketones (excluding diaryl/α,β-unsaturated/α-hetero) is 1. The van der Waals surface area contributed by atoms with Gasteiger partial charge in [0.25, 0.3) is 0 Å². The first-order valence-electron chi connectivity index (χ1n) is 10.4. The van der Waals surface area contributed by atoms with Gasteiger partial charge >= 0.3 is 0 Å². The first kappa shape index (κ1) is 19.8. The zero-order valence-electron chi connectivity index (χ0n) is 17.7. The Morgan fingerprint density at radius 3 is 2.75 bits per heavy atom. The van der Waals surface area contributed by atoms with Crippen LogP contribution in [0.5, 0.6) is 5.75 Å². The minimum atomic E-state index is -0.508. The third kappa shape index (κ3) is 2.79. The number of aliphatic imine (C=N–C) groups is 1. The molecular formula is C24H31NO2S. The third-order valence-corrected chi connectivity index (χ3v) is 8.06. The Bertz CT molecular complexity index is 873. The van der Waals surface area contributed by atoms with Crippen LogP contribution in [0.2, 0.25) is 0 Å². The van der Waals surface area contributed by atoms with E-state index in [1.165, 1.54) is 24.0 Å². The monoisotopic (exact) mass is 397 g/mol. The second kappa shape index (κ2) is 7.05. The van der Waals surface area contributed by atoms with Crippen molar-refractivity contribution < 1.29 is 9.53 Å². The van der Waals surface area contributed by atoms with Gasteiger partial charge in [0.15, 0.2) is 5.78 Å². The number of hydrogen-bond donors (Lipinski definition) is 0. The van der Waals surface area contributed by atoms with Gasteiger partial charge in [-0.25, -0.2) is 0 Å². The van der Waals surface area contributed by atoms with Crippen molar-refractivity contribution in [3.05, 3.63) is 41.0 Å². The lowest BCUT2D eigenvalue weighted by Gasteiger charge is -2.44. The number of carbonyl (C=O) groups excluding carboxylic acids is 1. The topological polar surface area (TPSA) is 38.7 Å². The normalized spacial score (nSPS) is 34.8. The van der Waals surface area contributed by atoms with Crippen molar-refractivity contribution in [2.24, 2.45) is 16.3 Å². The highest BCUT2D eigenvalue weighted by molar-refractivity contribution is 8.13. The van der Waals surface area contributed by atoms with Crippen LogP contribution in [0.15, 0.2) is 34.8 Å². The smallest absolute Gasteiger partial charge is 0.150 e. The van der Waals surface area contributed by atoms with Crippen molar-refractivity contribution in [1.82, 2.24) is 0 Å². The highest BCUT2D eigenvalue weighted by atomic mass is 32.2. The highest BCUT2D eigenvalue weighted by Crippen LogP contribution is 2.59. The lowest BCUT2D eigenvalue weighted by Crippen LogP contribution is -2.49. The van der Waals surface area contributed by atoms with Gasteiger partial charge in [-0.15, -0.1) is 11.8 Å². The van der Waals surface area contributed by atoms with E-state index >= 15 is 0 Å². The fourth-order valence-corrected chi connectivity index (χ4v) is 6.82. The molecule has 3 aliphatic rings. The van der Waals surface area contributed by atoms with Gasteiger partial charge in [-0.3, -0.25) is 9.79 Å². The molecule has 1 aromatic rings. The van der Waals surface area contributed by atoms with E-state index in [-0.39, 0.29) is 11.5 Å². The highest BCUT2D eigenvalue weighted by Gasteiger charge is 2.61. The summed E-state index contributed by atoms with van der Waals surface area (Å²) in [6.45, 7) is 6.56. The zero-order chi connectivity index (χ0) is 20.1. The van der Waals surface area contributed by atoms with Crippen molar-refractivity contribution in [3.63, 3.8) is 0 Å². The molecule has 2 aliphatic carbocycles. The molecule has 4 heteroatoms. The van der Waals surface area contributed by atoms with Gasteiger partial charge in [0.2, 0.25) is 0 Å². The number of benzene rings is 1. The van der Waals surface area contributed by atoms with Crippen LogP contribution in [0.1, 0.15) is 63.0 Å². The summed E-state index contributed by atoms with van der Waals surface area (Å²) in [7, 11) is 1.71. The molecule has 1 aliphatic heterocycles. The summed E-state index contributed by atoms with van der Waals surface area (Å²) in [5.74, 6) is 1.61. The van der Waals surface area contributed by atoms with Gasteiger partial charge in [-0.1, -0.05) is 42.2 Å². The second-order valence-electron chi connectivity index (χ2n) is 8.96. The molecule has 4 rings (SSSR count). The number of aryl methyl sites for hydroxylation is 1. The van der Waals surface area contributed by atoms with Crippen LogP contribution in [0.3, 0.4) is 0 Å². The van der Waals surface area contributed by atoms with Crippen LogP contribution in [0.25, 0.3) is 0 Å². The van der Waals surface area contributed by atoms with Gasteiger partial charge in [0.1, 0.15) is 11.2 Å². The fourth-order valence-electron chi connectivity index (χ4n) is 5.87. The van der Waals surface area contributed by atoms with Gasteiger partial charge in [-0.2, -0.15) is 0 Å². The van der Waals surface area contributed by atoms with Crippen LogP contribution in [-0.2, 0) is 4.79 Å². The van der Waals surface area contributed by atoms with Crippen molar-refractivity contribution in [2.75, 3.05) is 13.4 Å². The SMILES string of the molecule is COc1ccc(C)cc1[C@@H]1CC(=O)[C@]2(C=C1C)C(SC)=N[C@@]1(C)CCCC[C@@H]21. The molecular weight excluding hydrogens is 366 g/mol. The van der Waals surface area contributed by atoms with Crippen LogP contribution in [-0.4, -0.2) is 29.7 Å². The van der Waals surface area contributed by atoms with Crippen LogP contribution in [0, 0.1) is 18.3 Å². The van der Waals surface area contributed by atoms with Gasteiger partial charge in [0.05, 0.1) is 17.7 Å². The molecule has 0 unspecified atom stereocenters. The summed E-state index contributed by atoms with van der Waals surface area (Å²) in [6.07, 6.45) is 9.52. The molecule has 28 heavy (non-hydrogen) atoms. The maximum Gasteiger partial charge on any atom is 0.150 e. The fraction of sp³-hybridized carbons (Fsp3) is 0.583. The molecule has 3 nitrogen and oxygen atoms in total. The number of methoxy groups -OCH3 is 1. The Morgan fingerprint density at radius 2 is 2.04 bits per heavy atom. The average Bonchev–Trinajstić information content (AvgIpc) is 2.93. The molecule has 0 saturated heterocycles. The van der Waals surface area contributed by atoms with E-state index in [1.807, 2.05) is 6.07 Å². The Labute approximate surface area is 173 Å². The summed E-state index contributed by atoms with van der Waals surface area (Å²) in [5, 5.41) is 1.04. The number of ether oxygens (including phenoxy) is 1. The molecule has 4 atom stereocenters. The van der Waals surface area contributed by atoms with Gasteiger partial charge in [-0.05, 0) is 45.9 Å². The number of nitrogens with zero attached hydrogens (tertiary/aromatic N) is 1. The number of ketones is 1. The van der Waals surface area contributed by atoms with Gasteiger partial charge in [0, 0.05) is 23.8 Å². The maximum absolute atomic E-state index is 13.8. The van der Waals surface area contributed by atoms with E-state index in [4.69, 9.17) is 9.73 Å². The number of fused-ring (bicyclic) bond motifs is 2. The molecule has 0 bridgehead atoms. The number of hydrogen-bond acceptors (Lipinski definition) is 4. The first-order valence-corrected chi connectivity index (χ1v) is 11.6. The molecule has 1 saturated carbocycles. The average molecular weight is 398 g/mol. The Morgan fingerprint density at radius 1 is 1.25 bits per heavy atom. The largest absolute Gasteiger partial charge is 0.496 e. The van der Waals surface area contributed by atoms with E-state index in [9.17, 15) is 4.79 Å². The van der Waals surface area contributed by atoms with E-state index in [1.54, 1.807) is 18.9 Å². The van der Waals surface area contributed by atoms with Gasteiger partial charge < -0.3 is 4.74 Å². The first-order chi connectivity index (χ1) is 13.4. The predicted molar refractivity (Wildman–Crippen MR) is 118 cm³/mol. The molecule has 150 valence electrons. The second-order valence-corrected chi connectivity index (χ2v) is 9.75. The summed E-state index contributed by atoms with van der Waals surface area (Å²) in [4.78, 5) is 19.0.